The van der Waals surface area contributed by atoms with Crippen molar-refractivity contribution in [1.29, 1.82) is 0 Å². The van der Waals surface area contributed by atoms with Crippen LogP contribution in [0.25, 0.3) is 0 Å². The van der Waals surface area contributed by atoms with E-state index < -0.39 is 0 Å². The third-order valence-corrected chi connectivity index (χ3v) is 3.36. The van der Waals surface area contributed by atoms with E-state index >= 15 is 0 Å². The minimum Gasteiger partial charge on any atom is -0.462 e. The standard InChI is InChI=1S/C14H20N2O3/c1-2-19-14(18)12-6-3-7-15-13(12)16-8-4-5-11(9-16)10-17/h3,6-7,11,17H,2,4-5,8-10H2,1H3. The van der Waals surface area contributed by atoms with Crippen LogP contribution in [0.1, 0.15) is 30.1 Å². The Balaban J connectivity index is 2.21. The number of carbonyl (C=O) groups is 1. The van der Waals surface area contributed by atoms with E-state index in [2.05, 4.69) is 9.88 Å². The number of hydrogen-bond donors (Lipinski definition) is 1. The summed E-state index contributed by atoms with van der Waals surface area (Å²) in [6.07, 6.45) is 3.71. The van der Waals surface area contributed by atoms with Crippen LogP contribution in [0.3, 0.4) is 0 Å². The number of nitrogens with zero attached hydrogens (tertiary/aromatic N) is 2. The average molecular weight is 264 g/mol. The number of hydrogen-bond acceptors (Lipinski definition) is 5. The van der Waals surface area contributed by atoms with Gasteiger partial charge >= 0.3 is 5.97 Å². The molecule has 1 saturated heterocycles. The van der Waals surface area contributed by atoms with Crippen molar-refractivity contribution in [1.82, 2.24) is 4.98 Å². The average Bonchev–Trinajstić information content (AvgIpc) is 2.47. The fraction of sp³-hybridized carbons (Fsp3) is 0.571. The molecule has 104 valence electrons. The Labute approximate surface area is 113 Å². The van der Waals surface area contributed by atoms with Gasteiger partial charge in [0.15, 0.2) is 0 Å². The van der Waals surface area contributed by atoms with Gasteiger partial charge in [-0.3, -0.25) is 0 Å². The minimum absolute atomic E-state index is 0.179. The van der Waals surface area contributed by atoms with Crippen molar-refractivity contribution in [2.45, 2.75) is 19.8 Å². The van der Waals surface area contributed by atoms with Crippen LogP contribution in [0.4, 0.5) is 5.82 Å². The number of anilines is 1. The molecule has 1 unspecified atom stereocenters. The number of aromatic nitrogens is 1. The van der Waals surface area contributed by atoms with Crippen molar-refractivity contribution in [3.8, 4) is 0 Å². The summed E-state index contributed by atoms with van der Waals surface area (Å²) in [7, 11) is 0. The highest BCUT2D eigenvalue weighted by atomic mass is 16.5. The number of aliphatic hydroxyl groups excluding tert-OH is 1. The summed E-state index contributed by atoms with van der Waals surface area (Å²) in [6, 6.07) is 3.48. The number of rotatable bonds is 4. The zero-order valence-electron chi connectivity index (χ0n) is 11.2. The van der Waals surface area contributed by atoms with Crippen LogP contribution < -0.4 is 4.90 Å². The number of carbonyl (C=O) groups excluding carboxylic acids is 1. The second-order valence-corrected chi connectivity index (χ2v) is 4.73. The lowest BCUT2D eigenvalue weighted by Gasteiger charge is -2.33. The lowest BCUT2D eigenvalue weighted by Crippen LogP contribution is -2.38. The summed E-state index contributed by atoms with van der Waals surface area (Å²) in [5, 5.41) is 9.28. The zero-order valence-corrected chi connectivity index (χ0v) is 11.2. The molecule has 2 heterocycles. The molecule has 0 aliphatic carbocycles. The van der Waals surface area contributed by atoms with E-state index in [1.807, 2.05) is 0 Å². The first-order chi connectivity index (χ1) is 9.26. The number of esters is 1. The van der Waals surface area contributed by atoms with Gasteiger partial charge < -0.3 is 14.7 Å². The highest BCUT2D eigenvalue weighted by Crippen LogP contribution is 2.24. The maximum absolute atomic E-state index is 11.9. The van der Waals surface area contributed by atoms with Crippen molar-refractivity contribution in [3.63, 3.8) is 0 Å². The molecule has 5 heteroatoms. The van der Waals surface area contributed by atoms with Crippen molar-refractivity contribution >= 4 is 11.8 Å². The molecule has 0 amide bonds. The van der Waals surface area contributed by atoms with E-state index in [1.54, 1.807) is 25.3 Å². The van der Waals surface area contributed by atoms with Gasteiger partial charge in [-0.15, -0.1) is 0 Å². The van der Waals surface area contributed by atoms with Gasteiger partial charge in [0.05, 0.1) is 6.61 Å². The van der Waals surface area contributed by atoms with Crippen LogP contribution in [-0.2, 0) is 4.74 Å². The third-order valence-electron chi connectivity index (χ3n) is 3.36. The number of pyridine rings is 1. The van der Waals surface area contributed by atoms with Gasteiger partial charge in [-0.05, 0) is 37.8 Å². The zero-order chi connectivity index (χ0) is 13.7. The molecule has 0 bridgehead atoms. The van der Waals surface area contributed by atoms with Gasteiger partial charge in [0.25, 0.3) is 0 Å². The van der Waals surface area contributed by atoms with Crippen LogP contribution in [0.15, 0.2) is 18.3 Å². The highest BCUT2D eigenvalue weighted by Gasteiger charge is 2.24. The Hall–Kier alpha value is -1.62. The predicted molar refractivity (Wildman–Crippen MR) is 72.2 cm³/mol. The first-order valence-corrected chi connectivity index (χ1v) is 6.74. The summed E-state index contributed by atoms with van der Waals surface area (Å²) >= 11 is 0. The number of piperidine rings is 1. The molecule has 1 aromatic heterocycles. The first-order valence-electron chi connectivity index (χ1n) is 6.74. The molecular weight excluding hydrogens is 244 g/mol. The molecule has 0 saturated carbocycles. The van der Waals surface area contributed by atoms with E-state index in [-0.39, 0.29) is 18.5 Å². The smallest absolute Gasteiger partial charge is 0.341 e. The van der Waals surface area contributed by atoms with E-state index in [0.29, 0.717) is 18.0 Å². The Bertz CT molecular complexity index is 436. The molecule has 1 aliphatic rings. The Morgan fingerprint density at radius 3 is 3.21 bits per heavy atom. The fourth-order valence-corrected chi connectivity index (χ4v) is 2.42. The molecule has 5 nitrogen and oxygen atoms in total. The molecule has 1 atom stereocenters. The van der Waals surface area contributed by atoms with Gasteiger partial charge in [0.2, 0.25) is 0 Å². The minimum atomic E-state index is -0.336. The van der Waals surface area contributed by atoms with Gasteiger partial charge in [-0.25, -0.2) is 9.78 Å². The molecule has 2 rings (SSSR count). The Kier molecular flexibility index (Phi) is 4.74. The van der Waals surface area contributed by atoms with Crippen LogP contribution >= 0.6 is 0 Å². The lowest BCUT2D eigenvalue weighted by atomic mass is 9.98. The molecule has 0 spiro atoms. The summed E-state index contributed by atoms with van der Waals surface area (Å²) in [5.41, 5.74) is 0.503. The maximum Gasteiger partial charge on any atom is 0.341 e. The Morgan fingerprint density at radius 2 is 2.47 bits per heavy atom. The quantitative estimate of drug-likeness (QED) is 0.834. The monoisotopic (exact) mass is 264 g/mol. The molecule has 19 heavy (non-hydrogen) atoms. The number of ether oxygens (including phenoxy) is 1. The normalized spacial score (nSPS) is 19.3. The third kappa shape index (κ3) is 3.23. The van der Waals surface area contributed by atoms with Crippen molar-refractivity contribution in [3.05, 3.63) is 23.9 Å². The van der Waals surface area contributed by atoms with Gasteiger partial charge in [0.1, 0.15) is 11.4 Å². The predicted octanol–water partition coefficient (Wildman–Crippen LogP) is 1.47. The molecular formula is C14H20N2O3. The van der Waals surface area contributed by atoms with Crippen molar-refractivity contribution in [2.24, 2.45) is 5.92 Å². The molecule has 0 aromatic carbocycles. The molecule has 0 radical (unpaired) electrons. The molecule has 1 N–H and O–H groups in total. The molecule has 1 aliphatic heterocycles. The summed E-state index contributed by atoms with van der Waals surface area (Å²) in [5.74, 6) is 0.585. The van der Waals surface area contributed by atoms with Crippen molar-refractivity contribution in [2.75, 3.05) is 31.2 Å². The first kappa shape index (κ1) is 13.8. The van der Waals surface area contributed by atoms with Crippen molar-refractivity contribution < 1.29 is 14.6 Å². The second-order valence-electron chi connectivity index (χ2n) is 4.73. The summed E-state index contributed by atoms with van der Waals surface area (Å²) in [6.45, 7) is 3.92. The largest absolute Gasteiger partial charge is 0.462 e. The highest BCUT2D eigenvalue weighted by molar-refractivity contribution is 5.94. The summed E-state index contributed by atoms with van der Waals surface area (Å²) < 4.78 is 5.06. The maximum atomic E-state index is 11.9. The van der Waals surface area contributed by atoms with Gasteiger partial charge in [-0.1, -0.05) is 0 Å². The van der Waals surface area contributed by atoms with Gasteiger partial charge in [-0.2, -0.15) is 0 Å². The second kappa shape index (κ2) is 6.52. The molecule has 1 aromatic rings. The Morgan fingerprint density at radius 1 is 1.63 bits per heavy atom. The topological polar surface area (TPSA) is 62.7 Å². The van der Waals surface area contributed by atoms with E-state index in [4.69, 9.17) is 4.74 Å². The number of aliphatic hydroxyl groups is 1. The van der Waals surface area contributed by atoms with E-state index in [9.17, 15) is 9.90 Å². The van der Waals surface area contributed by atoms with Crippen LogP contribution in [-0.4, -0.2) is 42.4 Å². The SMILES string of the molecule is CCOC(=O)c1cccnc1N1CCCC(CO)C1. The van der Waals surface area contributed by atoms with E-state index in [0.717, 1.165) is 25.9 Å². The van der Waals surface area contributed by atoms with Crippen LogP contribution in [0.5, 0.6) is 0 Å². The van der Waals surface area contributed by atoms with E-state index in [1.165, 1.54) is 0 Å². The van der Waals surface area contributed by atoms with Crippen LogP contribution in [0, 0.1) is 5.92 Å². The van der Waals surface area contributed by atoms with Crippen LogP contribution in [0.2, 0.25) is 0 Å². The lowest BCUT2D eigenvalue weighted by molar-refractivity contribution is 0.0526. The molecule has 1 fully saturated rings. The van der Waals surface area contributed by atoms with Gasteiger partial charge in [0, 0.05) is 25.9 Å². The summed E-state index contributed by atoms with van der Waals surface area (Å²) in [4.78, 5) is 18.3. The fourth-order valence-electron chi connectivity index (χ4n) is 2.42.